The van der Waals surface area contributed by atoms with Crippen molar-refractivity contribution in [3.05, 3.63) is 30.9 Å². The van der Waals surface area contributed by atoms with Crippen molar-refractivity contribution in [1.29, 1.82) is 0 Å². The summed E-state index contributed by atoms with van der Waals surface area (Å²) in [5.41, 5.74) is 0.978. The first-order valence-electron chi connectivity index (χ1n) is 4.28. The fraction of sp³-hybridized carbons (Fsp3) is 0.111. The van der Waals surface area contributed by atoms with E-state index >= 15 is 0 Å². The van der Waals surface area contributed by atoms with Crippen molar-refractivity contribution in [2.45, 2.75) is 0 Å². The molecule has 0 aromatic carbocycles. The third kappa shape index (κ3) is 1.82. The van der Waals surface area contributed by atoms with Crippen LogP contribution < -0.4 is 10.6 Å². The van der Waals surface area contributed by atoms with E-state index in [0.29, 0.717) is 0 Å². The molecule has 0 spiro atoms. The average Bonchev–Trinajstić information content (AvgIpc) is 2.71. The van der Waals surface area contributed by atoms with Gasteiger partial charge in [-0.1, -0.05) is 0 Å². The minimum Gasteiger partial charge on any atom is -0.373 e. The summed E-state index contributed by atoms with van der Waals surface area (Å²) in [5.74, 6) is 1.56. The average molecular weight is 189 g/mol. The summed E-state index contributed by atoms with van der Waals surface area (Å²) >= 11 is 0. The van der Waals surface area contributed by atoms with Gasteiger partial charge >= 0.3 is 0 Å². The lowest BCUT2D eigenvalue weighted by Gasteiger charge is -2.03. The molecule has 0 unspecified atom stereocenters. The van der Waals surface area contributed by atoms with Crippen LogP contribution in [0.3, 0.4) is 0 Å². The predicted molar refractivity (Wildman–Crippen MR) is 55.7 cm³/mol. The molecule has 3 N–H and O–H groups in total. The van der Waals surface area contributed by atoms with Gasteiger partial charge in [0.05, 0.1) is 5.69 Å². The molecule has 5 nitrogen and oxygen atoms in total. The second-order valence-corrected chi connectivity index (χ2v) is 2.76. The Morgan fingerprint density at radius 3 is 2.86 bits per heavy atom. The molecule has 2 aromatic heterocycles. The van der Waals surface area contributed by atoms with Gasteiger partial charge in [0.2, 0.25) is 0 Å². The van der Waals surface area contributed by atoms with E-state index in [1.807, 2.05) is 31.6 Å². The largest absolute Gasteiger partial charge is 0.373 e. The number of rotatable bonds is 3. The quantitative estimate of drug-likeness (QED) is 0.686. The van der Waals surface area contributed by atoms with Gasteiger partial charge in [-0.15, -0.1) is 0 Å². The highest BCUT2D eigenvalue weighted by molar-refractivity contribution is 5.57. The third-order valence-electron chi connectivity index (χ3n) is 1.79. The fourth-order valence-electron chi connectivity index (χ4n) is 1.11. The van der Waals surface area contributed by atoms with E-state index in [-0.39, 0.29) is 0 Å². The first-order chi connectivity index (χ1) is 6.88. The standard InChI is InChI=1S/C9H11N5/c1-10-8-4-9(13-6-12-8)14-7-2-3-11-5-7/h2-6,11H,1H3,(H2,10,12,13,14). The van der Waals surface area contributed by atoms with Gasteiger partial charge in [0.1, 0.15) is 18.0 Å². The molecule has 72 valence electrons. The molecule has 0 saturated heterocycles. The Bertz CT molecular complexity index is 395. The maximum absolute atomic E-state index is 4.09. The van der Waals surface area contributed by atoms with Crippen molar-refractivity contribution >= 4 is 17.3 Å². The third-order valence-corrected chi connectivity index (χ3v) is 1.79. The molecular formula is C9H11N5. The number of aromatic nitrogens is 3. The maximum atomic E-state index is 4.09. The molecule has 0 aliphatic heterocycles. The molecule has 0 saturated carbocycles. The van der Waals surface area contributed by atoms with Crippen molar-refractivity contribution in [2.24, 2.45) is 0 Å². The van der Waals surface area contributed by atoms with Gasteiger partial charge in [-0.25, -0.2) is 9.97 Å². The summed E-state index contributed by atoms with van der Waals surface area (Å²) in [7, 11) is 1.82. The lowest BCUT2D eigenvalue weighted by atomic mass is 10.4. The normalized spacial score (nSPS) is 9.79. The van der Waals surface area contributed by atoms with Crippen LogP contribution in [0.25, 0.3) is 0 Å². The van der Waals surface area contributed by atoms with Crippen molar-refractivity contribution in [1.82, 2.24) is 15.0 Å². The Kier molecular flexibility index (Phi) is 2.31. The molecule has 0 aliphatic carbocycles. The second kappa shape index (κ2) is 3.78. The van der Waals surface area contributed by atoms with Crippen LogP contribution in [0.4, 0.5) is 17.3 Å². The topological polar surface area (TPSA) is 65.6 Å². The van der Waals surface area contributed by atoms with Crippen LogP contribution in [0, 0.1) is 0 Å². The van der Waals surface area contributed by atoms with E-state index in [0.717, 1.165) is 17.3 Å². The van der Waals surface area contributed by atoms with Crippen LogP contribution in [0.1, 0.15) is 0 Å². The number of hydrogen-bond donors (Lipinski definition) is 3. The number of aromatic amines is 1. The van der Waals surface area contributed by atoms with Gasteiger partial charge in [0.25, 0.3) is 0 Å². The van der Waals surface area contributed by atoms with Crippen LogP contribution in [0.5, 0.6) is 0 Å². The lowest BCUT2D eigenvalue weighted by Crippen LogP contribution is -1.97. The van der Waals surface area contributed by atoms with E-state index < -0.39 is 0 Å². The summed E-state index contributed by atoms with van der Waals surface area (Å²) in [6.45, 7) is 0. The minimum absolute atomic E-state index is 0.768. The van der Waals surface area contributed by atoms with Gasteiger partial charge in [0, 0.05) is 25.5 Å². The molecule has 0 amide bonds. The molecule has 0 aliphatic rings. The molecule has 2 aromatic rings. The van der Waals surface area contributed by atoms with Crippen molar-refractivity contribution in [2.75, 3.05) is 17.7 Å². The minimum atomic E-state index is 0.768. The SMILES string of the molecule is CNc1cc(Nc2cc[nH]c2)ncn1. The second-order valence-electron chi connectivity index (χ2n) is 2.76. The lowest BCUT2D eigenvalue weighted by molar-refractivity contribution is 1.16. The summed E-state index contributed by atoms with van der Waals surface area (Å²) in [6.07, 6.45) is 5.23. The zero-order valence-corrected chi connectivity index (χ0v) is 7.78. The summed E-state index contributed by atoms with van der Waals surface area (Å²) in [6, 6.07) is 3.77. The fourth-order valence-corrected chi connectivity index (χ4v) is 1.11. The molecule has 5 heteroatoms. The van der Waals surface area contributed by atoms with E-state index in [1.54, 1.807) is 0 Å². The summed E-state index contributed by atoms with van der Waals surface area (Å²) in [5, 5.41) is 6.08. The van der Waals surface area contributed by atoms with Gasteiger partial charge in [-0.2, -0.15) is 0 Å². The number of anilines is 3. The van der Waals surface area contributed by atoms with E-state index in [1.165, 1.54) is 6.33 Å². The van der Waals surface area contributed by atoms with Crippen LogP contribution in [0.2, 0.25) is 0 Å². The van der Waals surface area contributed by atoms with Crippen LogP contribution in [0.15, 0.2) is 30.9 Å². The highest BCUT2D eigenvalue weighted by Crippen LogP contribution is 2.14. The highest BCUT2D eigenvalue weighted by Gasteiger charge is 1.97. The molecular weight excluding hydrogens is 178 g/mol. The maximum Gasteiger partial charge on any atom is 0.135 e. The Labute approximate surface area is 81.6 Å². The van der Waals surface area contributed by atoms with Crippen molar-refractivity contribution in [3.8, 4) is 0 Å². The zero-order chi connectivity index (χ0) is 9.80. The molecule has 2 rings (SSSR count). The van der Waals surface area contributed by atoms with Crippen LogP contribution in [-0.4, -0.2) is 22.0 Å². The van der Waals surface area contributed by atoms with Crippen molar-refractivity contribution in [3.63, 3.8) is 0 Å². The van der Waals surface area contributed by atoms with E-state index in [2.05, 4.69) is 25.6 Å². The first kappa shape index (κ1) is 8.55. The van der Waals surface area contributed by atoms with Gasteiger partial charge in [0.15, 0.2) is 0 Å². The van der Waals surface area contributed by atoms with E-state index in [4.69, 9.17) is 0 Å². The highest BCUT2D eigenvalue weighted by atomic mass is 15.1. The molecule has 0 radical (unpaired) electrons. The molecule has 2 heterocycles. The van der Waals surface area contributed by atoms with Crippen molar-refractivity contribution < 1.29 is 0 Å². The van der Waals surface area contributed by atoms with Gasteiger partial charge in [-0.05, 0) is 6.07 Å². The predicted octanol–water partition coefficient (Wildman–Crippen LogP) is 1.59. The number of nitrogens with zero attached hydrogens (tertiary/aromatic N) is 2. The summed E-state index contributed by atoms with van der Waals surface area (Å²) in [4.78, 5) is 11.1. The molecule has 14 heavy (non-hydrogen) atoms. The smallest absolute Gasteiger partial charge is 0.135 e. The van der Waals surface area contributed by atoms with E-state index in [9.17, 15) is 0 Å². The molecule has 0 bridgehead atoms. The Morgan fingerprint density at radius 2 is 2.14 bits per heavy atom. The van der Waals surface area contributed by atoms with Crippen LogP contribution >= 0.6 is 0 Å². The Morgan fingerprint density at radius 1 is 1.29 bits per heavy atom. The Balaban J connectivity index is 2.17. The molecule has 0 atom stereocenters. The monoisotopic (exact) mass is 189 g/mol. The van der Waals surface area contributed by atoms with Crippen LogP contribution in [-0.2, 0) is 0 Å². The van der Waals surface area contributed by atoms with Gasteiger partial charge in [-0.3, -0.25) is 0 Å². The number of hydrogen-bond acceptors (Lipinski definition) is 4. The first-order valence-corrected chi connectivity index (χ1v) is 4.28. The Hall–Kier alpha value is -2.04. The summed E-state index contributed by atoms with van der Waals surface area (Å²) < 4.78 is 0. The van der Waals surface area contributed by atoms with Gasteiger partial charge < -0.3 is 15.6 Å². The zero-order valence-electron chi connectivity index (χ0n) is 7.78. The molecule has 0 fully saturated rings. The number of nitrogens with one attached hydrogen (secondary N) is 3. The number of H-pyrrole nitrogens is 1.